The molecule has 0 unspecified atom stereocenters. The molecule has 0 aliphatic rings. The van der Waals surface area contributed by atoms with Gasteiger partial charge in [0.2, 0.25) is 0 Å². The van der Waals surface area contributed by atoms with E-state index in [9.17, 15) is 13.2 Å². The van der Waals surface area contributed by atoms with E-state index in [4.69, 9.17) is 0 Å². The number of rotatable bonds is 4. The monoisotopic (exact) mass is 219 g/mol. The molecule has 0 amide bonds. The van der Waals surface area contributed by atoms with Crippen LogP contribution >= 0.6 is 0 Å². The van der Waals surface area contributed by atoms with E-state index < -0.39 is 12.8 Å². The average molecular weight is 219 g/mol. The first kappa shape index (κ1) is 11.7. The predicted octanol–water partition coefficient (Wildman–Crippen LogP) is 3.06. The summed E-state index contributed by atoms with van der Waals surface area (Å²) in [4.78, 5) is 0. The summed E-state index contributed by atoms with van der Waals surface area (Å²) in [5, 5.41) is 2.92. The second-order valence-electron chi connectivity index (χ2n) is 2.93. The third-order valence-corrected chi connectivity index (χ3v) is 1.65. The summed E-state index contributed by atoms with van der Waals surface area (Å²) in [5.41, 5.74) is 0.573. The highest BCUT2D eigenvalue weighted by molar-refractivity contribution is 5.55. The molecule has 0 spiro atoms. The van der Waals surface area contributed by atoms with Gasteiger partial charge in [0.1, 0.15) is 5.75 Å². The third-order valence-electron chi connectivity index (χ3n) is 1.65. The molecule has 0 aliphatic heterocycles. The van der Waals surface area contributed by atoms with Crippen molar-refractivity contribution in [1.29, 1.82) is 0 Å². The molecule has 1 N–H and O–H groups in total. The Hall–Kier alpha value is -1.39. The van der Waals surface area contributed by atoms with Gasteiger partial charge in [-0.2, -0.15) is 13.2 Å². The van der Waals surface area contributed by atoms with E-state index in [2.05, 4.69) is 10.1 Å². The van der Waals surface area contributed by atoms with Crippen molar-refractivity contribution in [2.45, 2.75) is 13.1 Å². The van der Waals surface area contributed by atoms with Crippen molar-refractivity contribution >= 4 is 5.69 Å². The molecule has 1 aromatic rings. The molecule has 0 atom stereocenters. The van der Waals surface area contributed by atoms with Crippen LogP contribution in [0.2, 0.25) is 0 Å². The van der Waals surface area contributed by atoms with Crippen LogP contribution < -0.4 is 10.1 Å². The van der Waals surface area contributed by atoms with Gasteiger partial charge in [-0.05, 0) is 19.1 Å². The first-order valence-electron chi connectivity index (χ1n) is 4.55. The lowest BCUT2D eigenvalue weighted by molar-refractivity contribution is -0.153. The molecular weight excluding hydrogens is 207 g/mol. The lowest BCUT2D eigenvalue weighted by Crippen LogP contribution is -2.19. The predicted molar refractivity (Wildman–Crippen MR) is 52.2 cm³/mol. The number of alkyl halides is 3. The fourth-order valence-corrected chi connectivity index (χ4v) is 1.09. The van der Waals surface area contributed by atoms with E-state index >= 15 is 0 Å². The van der Waals surface area contributed by atoms with Gasteiger partial charge in [-0.25, -0.2) is 0 Å². The van der Waals surface area contributed by atoms with Crippen LogP contribution in [0.5, 0.6) is 5.75 Å². The Balaban J connectivity index is 2.67. The minimum Gasteiger partial charge on any atom is -0.482 e. The van der Waals surface area contributed by atoms with Crippen LogP contribution in [0, 0.1) is 0 Å². The van der Waals surface area contributed by atoms with Crippen LogP contribution in [-0.2, 0) is 0 Å². The minimum atomic E-state index is -4.31. The molecule has 0 saturated heterocycles. The lowest BCUT2D eigenvalue weighted by atomic mass is 10.3. The van der Waals surface area contributed by atoms with Crippen molar-refractivity contribution in [2.24, 2.45) is 0 Å². The van der Waals surface area contributed by atoms with Crippen LogP contribution in [0.25, 0.3) is 0 Å². The molecule has 0 aromatic heterocycles. The van der Waals surface area contributed by atoms with E-state index in [1.54, 1.807) is 18.2 Å². The fourth-order valence-electron chi connectivity index (χ4n) is 1.09. The first-order chi connectivity index (χ1) is 7.03. The fraction of sp³-hybridized carbons (Fsp3) is 0.400. The Labute approximate surface area is 86.1 Å². The topological polar surface area (TPSA) is 21.3 Å². The summed E-state index contributed by atoms with van der Waals surface area (Å²) < 4.78 is 40.4. The molecule has 0 fully saturated rings. The van der Waals surface area contributed by atoms with Gasteiger partial charge in [0.25, 0.3) is 0 Å². The summed E-state index contributed by atoms with van der Waals surface area (Å²) in [5.74, 6) is 0.219. The highest BCUT2D eigenvalue weighted by Gasteiger charge is 2.28. The number of hydrogen-bond acceptors (Lipinski definition) is 2. The van der Waals surface area contributed by atoms with Gasteiger partial charge in [0.15, 0.2) is 6.61 Å². The Kier molecular flexibility index (Phi) is 3.82. The van der Waals surface area contributed by atoms with Gasteiger partial charge < -0.3 is 10.1 Å². The molecule has 84 valence electrons. The summed E-state index contributed by atoms with van der Waals surface area (Å²) in [6.45, 7) is 1.22. The number of halogens is 3. The van der Waals surface area contributed by atoms with Crippen molar-refractivity contribution < 1.29 is 17.9 Å². The SMILES string of the molecule is CCNc1ccccc1OCC(F)(F)F. The van der Waals surface area contributed by atoms with E-state index in [-0.39, 0.29) is 5.75 Å². The Bertz CT molecular complexity index is 312. The highest BCUT2D eigenvalue weighted by Crippen LogP contribution is 2.25. The van der Waals surface area contributed by atoms with Crippen molar-refractivity contribution in [3.63, 3.8) is 0 Å². The molecule has 1 rings (SSSR count). The number of para-hydroxylation sites is 2. The van der Waals surface area contributed by atoms with E-state index in [1.165, 1.54) is 6.07 Å². The number of anilines is 1. The zero-order chi connectivity index (χ0) is 11.3. The smallest absolute Gasteiger partial charge is 0.422 e. The second-order valence-corrected chi connectivity index (χ2v) is 2.93. The second kappa shape index (κ2) is 4.91. The van der Waals surface area contributed by atoms with E-state index in [0.29, 0.717) is 12.2 Å². The number of ether oxygens (including phenoxy) is 1. The van der Waals surface area contributed by atoms with Gasteiger partial charge in [0.05, 0.1) is 5.69 Å². The van der Waals surface area contributed by atoms with Crippen molar-refractivity contribution in [3.8, 4) is 5.75 Å². The molecule has 0 aliphatic carbocycles. The molecule has 0 heterocycles. The number of hydrogen-bond donors (Lipinski definition) is 1. The normalized spacial score (nSPS) is 11.2. The maximum absolute atomic E-state index is 11.9. The summed E-state index contributed by atoms with van der Waals surface area (Å²) in [6.07, 6.45) is -4.31. The molecule has 0 radical (unpaired) electrons. The summed E-state index contributed by atoms with van der Waals surface area (Å²) >= 11 is 0. The van der Waals surface area contributed by atoms with Gasteiger partial charge >= 0.3 is 6.18 Å². The van der Waals surface area contributed by atoms with Crippen LogP contribution in [0.3, 0.4) is 0 Å². The zero-order valence-corrected chi connectivity index (χ0v) is 8.27. The first-order valence-corrected chi connectivity index (χ1v) is 4.55. The van der Waals surface area contributed by atoms with Crippen LogP contribution in [-0.4, -0.2) is 19.3 Å². The molecule has 2 nitrogen and oxygen atoms in total. The quantitative estimate of drug-likeness (QED) is 0.840. The van der Waals surface area contributed by atoms with Crippen molar-refractivity contribution in [3.05, 3.63) is 24.3 Å². The standard InChI is InChI=1S/C10H12F3NO/c1-2-14-8-5-3-4-6-9(8)15-7-10(11,12)13/h3-6,14H,2,7H2,1H3. The molecule has 1 aromatic carbocycles. The zero-order valence-electron chi connectivity index (χ0n) is 8.27. The number of benzene rings is 1. The van der Waals surface area contributed by atoms with Gasteiger partial charge in [-0.1, -0.05) is 12.1 Å². The Morgan fingerprint density at radius 1 is 1.27 bits per heavy atom. The molecule has 5 heteroatoms. The number of nitrogens with one attached hydrogen (secondary N) is 1. The average Bonchev–Trinajstić information content (AvgIpc) is 2.16. The van der Waals surface area contributed by atoms with Crippen molar-refractivity contribution in [2.75, 3.05) is 18.5 Å². The summed E-state index contributed by atoms with van der Waals surface area (Å²) in [7, 11) is 0. The van der Waals surface area contributed by atoms with Crippen molar-refractivity contribution in [1.82, 2.24) is 0 Å². The van der Waals surface area contributed by atoms with E-state index in [1.807, 2.05) is 6.92 Å². The lowest BCUT2D eigenvalue weighted by Gasteiger charge is -2.13. The maximum atomic E-state index is 11.9. The Morgan fingerprint density at radius 3 is 2.53 bits per heavy atom. The summed E-state index contributed by atoms with van der Waals surface area (Å²) in [6, 6.07) is 6.55. The molecule has 0 bridgehead atoms. The van der Waals surface area contributed by atoms with Crippen LogP contribution in [0.1, 0.15) is 6.92 Å². The van der Waals surface area contributed by atoms with Gasteiger partial charge in [-0.15, -0.1) is 0 Å². The molecule has 15 heavy (non-hydrogen) atoms. The largest absolute Gasteiger partial charge is 0.482 e. The van der Waals surface area contributed by atoms with Crippen LogP contribution in [0.4, 0.5) is 18.9 Å². The minimum absolute atomic E-state index is 0.219. The molecular formula is C10H12F3NO. The molecule has 0 saturated carbocycles. The van der Waals surface area contributed by atoms with E-state index in [0.717, 1.165) is 0 Å². The van der Waals surface area contributed by atoms with Crippen LogP contribution in [0.15, 0.2) is 24.3 Å². The maximum Gasteiger partial charge on any atom is 0.422 e. The van der Waals surface area contributed by atoms with Gasteiger partial charge in [0, 0.05) is 6.54 Å². The van der Waals surface area contributed by atoms with Gasteiger partial charge in [-0.3, -0.25) is 0 Å². The highest BCUT2D eigenvalue weighted by atomic mass is 19.4. The Morgan fingerprint density at radius 2 is 1.93 bits per heavy atom. The third kappa shape index (κ3) is 4.10.